The molecule has 3 rings (SSSR count). The summed E-state index contributed by atoms with van der Waals surface area (Å²) in [6, 6.07) is 12.2. The summed E-state index contributed by atoms with van der Waals surface area (Å²) >= 11 is 0. The average Bonchev–Trinajstić information content (AvgIpc) is 2.79. The molecule has 2 aromatic carbocycles. The minimum absolute atomic E-state index is 0.00391. The molecule has 0 saturated carbocycles. The molecule has 0 spiro atoms. The lowest BCUT2D eigenvalue weighted by Gasteiger charge is -2.34. The molecule has 8 heteroatoms. The first-order chi connectivity index (χ1) is 14.9. The van der Waals surface area contributed by atoms with Crippen LogP contribution in [0.2, 0.25) is 0 Å². The minimum atomic E-state index is -0.455. The van der Waals surface area contributed by atoms with Gasteiger partial charge in [-0.3, -0.25) is 24.6 Å². The number of nitro groups is 1. The van der Waals surface area contributed by atoms with Crippen molar-refractivity contribution in [1.29, 1.82) is 0 Å². The van der Waals surface area contributed by atoms with Crippen molar-refractivity contribution in [2.75, 3.05) is 38.0 Å². The van der Waals surface area contributed by atoms with Gasteiger partial charge in [0, 0.05) is 62.5 Å². The molecular weight excluding hydrogens is 396 g/mol. The van der Waals surface area contributed by atoms with Crippen molar-refractivity contribution in [2.45, 2.75) is 26.7 Å². The standard InChI is InChI=1S/C23H28N4O4/c1-3-18-4-6-19(7-5-18)23(29)26-14-12-25(13-15-26)11-10-22(28)24-21-9-8-20(27(30)31)16-17(21)2/h4-9,16H,3,10-15H2,1-2H3,(H,24,28). The molecule has 8 nitrogen and oxygen atoms in total. The van der Waals surface area contributed by atoms with Gasteiger partial charge in [-0.1, -0.05) is 19.1 Å². The Morgan fingerprint density at radius 1 is 1.06 bits per heavy atom. The molecule has 1 saturated heterocycles. The van der Waals surface area contributed by atoms with E-state index in [1.54, 1.807) is 13.0 Å². The van der Waals surface area contributed by atoms with Crippen LogP contribution < -0.4 is 5.32 Å². The van der Waals surface area contributed by atoms with Crippen LogP contribution in [0.3, 0.4) is 0 Å². The second-order valence-corrected chi connectivity index (χ2v) is 7.74. The fraction of sp³-hybridized carbons (Fsp3) is 0.391. The van der Waals surface area contributed by atoms with Gasteiger partial charge in [-0.15, -0.1) is 0 Å². The Labute approximate surface area is 182 Å². The maximum absolute atomic E-state index is 12.7. The summed E-state index contributed by atoms with van der Waals surface area (Å²) < 4.78 is 0. The highest BCUT2D eigenvalue weighted by Crippen LogP contribution is 2.21. The maximum Gasteiger partial charge on any atom is 0.269 e. The summed E-state index contributed by atoms with van der Waals surface area (Å²) in [4.78, 5) is 39.4. The predicted octanol–water partition coefficient (Wildman–Crippen LogP) is 3.25. The topological polar surface area (TPSA) is 95.8 Å². The maximum atomic E-state index is 12.7. The molecule has 0 aliphatic carbocycles. The summed E-state index contributed by atoms with van der Waals surface area (Å²) in [6.45, 7) is 7.14. The number of amides is 2. The van der Waals surface area contributed by atoms with Crippen molar-refractivity contribution in [3.05, 3.63) is 69.3 Å². The van der Waals surface area contributed by atoms with E-state index in [0.29, 0.717) is 42.9 Å². The van der Waals surface area contributed by atoms with E-state index in [1.165, 1.54) is 17.7 Å². The van der Waals surface area contributed by atoms with Crippen molar-refractivity contribution >= 4 is 23.2 Å². The minimum Gasteiger partial charge on any atom is -0.336 e. The van der Waals surface area contributed by atoms with E-state index in [4.69, 9.17) is 0 Å². The lowest BCUT2D eigenvalue weighted by molar-refractivity contribution is -0.384. The second kappa shape index (κ2) is 10.2. The summed E-state index contributed by atoms with van der Waals surface area (Å²) in [5.74, 6) is -0.0832. The number of benzene rings is 2. The molecule has 2 aromatic rings. The van der Waals surface area contributed by atoms with Gasteiger partial charge in [-0.05, 0) is 42.7 Å². The highest BCUT2D eigenvalue weighted by molar-refractivity contribution is 5.94. The molecule has 0 radical (unpaired) electrons. The number of hydrogen-bond acceptors (Lipinski definition) is 5. The van der Waals surface area contributed by atoms with Crippen LogP contribution in [0.1, 0.15) is 34.8 Å². The number of piperazine rings is 1. The Morgan fingerprint density at radius 2 is 1.74 bits per heavy atom. The van der Waals surface area contributed by atoms with Crippen LogP contribution in [0.15, 0.2) is 42.5 Å². The van der Waals surface area contributed by atoms with Gasteiger partial charge in [0.2, 0.25) is 5.91 Å². The van der Waals surface area contributed by atoms with Gasteiger partial charge in [0.1, 0.15) is 0 Å². The first-order valence-corrected chi connectivity index (χ1v) is 10.5. The van der Waals surface area contributed by atoms with E-state index in [1.807, 2.05) is 29.2 Å². The number of nitrogens with zero attached hydrogens (tertiary/aromatic N) is 3. The first kappa shape index (κ1) is 22.4. The molecular formula is C23H28N4O4. The van der Waals surface area contributed by atoms with Gasteiger partial charge in [0.15, 0.2) is 0 Å². The third-order valence-corrected chi connectivity index (χ3v) is 5.62. The third-order valence-electron chi connectivity index (χ3n) is 5.62. The van der Waals surface area contributed by atoms with E-state index in [2.05, 4.69) is 17.1 Å². The van der Waals surface area contributed by atoms with E-state index < -0.39 is 4.92 Å². The highest BCUT2D eigenvalue weighted by Gasteiger charge is 2.22. The monoisotopic (exact) mass is 424 g/mol. The highest BCUT2D eigenvalue weighted by atomic mass is 16.6. The lowest BCUT2D eigenvalue weighted by atomic mass is 10.1. The van der Waals surface area contributed by atoms with Crippen LogP contribution in [-0.4, -0.2) is 59.3 Å². The number of carbonyl (C=O) groups excluding carboxylic acids is 2. The Hall–Kier alpha value is -3.26. The van der Waals surface area contributed by atoms with Crippen LogP contribution in [-0.2, 0) is 11.2 Å². The van der Waals surface area contributed by atoms with Crippen molar-refractivity contribution in [1.82, 2.24) is 9.80 Å². The Morgan fingerprint density at radius 3 is 2.32 bits per heavy atom. The van der Waals surface area contributed by atoms with Crippen molar-refractivity contribution in [2.24, 2.45) is 0 Å². The van der Waals surface area contributed by atoms with Crippen LogP contribution in [0.5, 0.6) is 0 Å². The smallest absolute Gasteiger partial charge is 0.269 e. The summed E-state index contributed by atoms with van der Waals surface area (Å²) in [6.07, 6.45) is 1.27. The third kappa shape index (κ3) is 5.88. The zero-order valence-corrected chi connectivity index (χ0v) is 18.0. The zero-order chi connectivity index (χ0) is 22.4. The largest absolute Gasteiger partial charge is 0.336 e. The number of carbonyl (C=O) groups is 2. The summed E-state index contributed by atoms with van der Waals surface area (Å²) in [5, 5.41) is 13.6. The summed E-state index contributed by atoms with van der Waals surface area (Å²) in [5.41, 5.74) is 3.16. The molecule has 164 valence electrons. The molecule has 1 aliphatic heterocycles. The van der Waals surface area contributed by atoms with Gasteiger partial charge >= 0.3 is 0 Å². The van der Waals surface area contributed by atoms with Gasteiger partial charge in [-0.25, -0.2) is 0 Å². The van der Waals surface area contributed by atoms with E-state index in [9.17, 15) is 19.7 Å². The van der Waals surface area contributed by atoms with E-state index >= 15 is 0 Å². The van der Waals surface area contributed by atoms with Crippen molar-refractivity contribution in [3.63, 3.8) is 0 Å². The molecule has 31 heavy (non-hydrogen) atoms. The normalized spacial score (nSPS) is 14.3. The van der Waals surface area contributed by atoms with Crippen molar-refractivity contribution < 1.29 is 14.5 Å². The Balaban J connectivity index is 1.44. The number of aryl methyl sites for hydroxylation is 2. The number of hydrogen-bond donors (Lipinski definition) is 1. The molecule has 1 fully saturated rings. The van der Waals surface area contributed by atoms with E-state index in [0.717, 1.165) is 19.5 Å². The van der Waals surface area contributed by atoms with Crippen LogP contribution in [0, 0.1) is 17.0 Å². The van der Waals surface area contributed by atoms with E-state index in [-0.39, 0.29) is 17.5 Å². The molecule has 0 bridgehead atoms. The molecule has 1 aliphatic rings. The van der Waals surface area contributed by atoms with Gasteiger partial charge in [0.05, 0.1) is 4.92 Å². The summed E-state index contributed by atoms with van der Waals surface area (Å²) in [7, 11) is 0. The number of rotatable bonds is 7. The number of nitro benzene ring substituents is 1. The quantitative estimate of drug-likeness (QED) is 0.544. The number of anilines is 1. The van der Waals surface area contributed by atoms with Gasteiger partial charge in [0.25, 0.3) is 11.6 Å². The SMILES string of the molecule is CCc1ccc(C(=O)N2CCN(CCC(=O)Nc3ccc([N+](=O)[O-])cc3C)CC2)cc1. The Bertz CT molecular complexity index is 951. The van der Waals surface area contributed by atoms with Crippen LogP contribution in [0.25, 0.3) is 0 Å². The predicted molar refractivity (Wildman–Crippen MR) is 119 cm³/mol. The first-order valence-electron chi connectivity index (χ1n) is 10.5. The number of non-ortho nitro benzene ring substituents is 1. The second-order valence-electron chi connectivity index (χ2n) is 7.74. The van der Waals surface area contributed by atoms with Crippen LogP contribution >= 0.6 is 0 Å². The number of nitrogens with one attached hydrogen (secondary N) is 1. The molecule has 0 atom stereocenters. The van der Waals surface area contributed by atoms with Gasteiger partial charge < -0.3 is 10.2 Å². The molecule has 2 amide bonds. The fourth-order valence-electron chi connectivity index (χ4n) is 3.61. The lowest BCUT2D eigenvalue weighted by Crippen LogP contribution is -2.49. The molecule has 1 N–H and O–H groups in total. The van der Waals surface area contributed by atoms with Crippen molar-refractivity contribution in [3.8, 4) is 0 Å². The zero-order valence-electron chi connectivity index (χ0n) is 18.0. The fourth-order valence-corrected chi connectivity index (χ4v) is 3.61. The Kier molecular flexibility index (Phi) is 7.36. The van der Waals surface area contributed by atoms with Crippen LogP contribution in [0.4, 0.5) is 11.4 Å². The average molecular weight is 425 g/mol. The molecule has 0 aromatic heterocycles. The molecule has 0 unspecified atom stereocenters. The van der Waals surface area contributed by atoms with Gasteiger partial charge in [-0.2, -0.15) is 0 Å². The molecule has 1 heterocycles.